The van der Waals surface area contributed by atoms with E-state index in [4.69, 9.17) is 4.74 Å². The average Bonchev–Trinajstić information content (AvgIpc) is 2.61. The van der Waals surface area contributed by atoms with Crippen LogP contribution in [0.5, 0.6) is 5.75 Å². The summed E-state index contributed by atoms with van der Waals surface area (Å²) < 4.78 is 7.01. The van der Waals surface area contributed by atoms with E-state index in [1.807, 2.05) is 48.8 Å². The lowest BCUT2D eigenvalue weighted by molar-refractivity contribution is 0.301. The molecule has 0 spiro atoms. The third-order valence-corrected chi connectivity index (χ3v) is 4.85. The Morgan fingerprint density at radius 1 is 1.00 bits per heavy atom. The van der Waals surface area contributed by atoms with Crippen molar-refractivity contribution in [2.45, 2.75) is 22.8 Å². The number of hydrogen-bond donors (Lipinski definition) is 0. The van der Waals surface area contributed by atoms with Gasteiger partial charge in [0.15, 0.2) is 5.75 Å². The van der Waals surface area contributed by atoms with E-state index in [2.05, 4.69) is 38.0 Å². The number of nitrogens with zero attached hydrogens (tertiary/aromatic N) is 2. The van der Waals surface area contributed by atoms with Crippen molar-refractivity contribution < 1.29 is 4.74 Å². The van der Waals surface area contributed by atoms with Gasteiger partial charge < -0.3 is 4.74 Å². The summed E-state index contributed by atoms with van der Waals surface area (Å²) in [7, 11) is 0. The van der Waals surface area contributed by atoms with Crippen molar-refractivity contribution in [3.63, 3.8) is 0 Å². The molecule has 0 saturated heterocycles. The quantitative estimate of drug-likeness (QED) is 0.497. The van der Waals surface area contributed by atoms with Crippen LogP contribution >= 0.6 is 27.7 Å². The van der Waals surface area contributed by atoms with Crippen molar-refractivity contribution in [2.75, 3.05) is 6.61 Å². The molecule has 0 unspecified atom stereocenters. The van der Waals surface area contributed by atoms with Crippen LogP contribution < -0.4 is 4.74 Å². The number of pyridine rings is 2. The first-order valence-electron chi connectivity index (χ1n) is 7.71. The summed E-state index contributed by atoms with van der Waals surface area (Å²) in [6.07, 6.45) is 7.38. The standard InChI is InChI=1S/C19H17BrN2OS/c20-16-5-1-6-17(14-16)24-19-18(7-2-10-22-19)23-13-3-4-15-8-11-21-12-9-15/h1-2,5-12,14H,3-4,13H2. The van der Waals surface area contributed by atoms with Gasteiger partial charge in [-0.3, -0.25) is 4.98 Å². The Kier molecular flexibility index (Phi) is 6.26. The summed E-state index contributed by atoms with van der Waals surface area (Å²) in [5.74, 6) is 0.831. The lowest BCUT2D eigenvalue weighted by Crippen LogP contribution is -2.01. The van der Waals surface area contributed by atoms with E-state index in [1.54, 1.807) is 18.0 Å². The molecule has 0 radical (unpaired) electrons. The SMILES string of the molecule is Brc1cccc(Sc2ncccc2OCCCc2ccncc2)c1. The number of aromatic nitrogens is 2. The first kappa shape index (κ1) is 17.0. The Hall–Kier alpha value is -1.85. The third-order valence-electron chi connectivity index (χ3n) is 3.36. The van der Waals surface area contributed by atoms with Gasteiger partial charge in [0, 0.05) is 28.0 Å². The van der Waals surface area contributed by atoms with Gasteiger partial charge in [0.2, 0.25) is 0 Å². The maximum absolute atomic E-state index is 5.95. The number of halogens is 1. The van der Waals surface area contributed by atoms with E-state index in [9.17, 15) is 0 Å². The molecule has 3 aromatic rings. The number of benzene rings is 1. The number of aryl methyl sites for hydroxylation is 1. The zero-order valence-electron chi connectivity index (χ0n) is 13.1. The van der Waals surface area contributed by atoms with Crippen molar-refractivity contribution in [3.05, 3.63) is 77.2 Å². The molecule has 5 heteroatoms. The largest absolute Gasteiger partial charge is 0.491 e. The maximum atomic E-state index is 5.95. The first-order chi connectivity index (χ1) is 11.8. The van der Waals surface area contributed by atoms with Crippen LogP contribution in [0.25, 0.3) is 0 Å². The fourth-order valence-corrected chi connectivity index (χ4v) is 3.66. The molecule has 3 rings (SSSR count). The molecule has 2 heterocycles. The molecular weight excluding hydrogens is 384 g/mol. The molecule has 0 fully saturated rings. The molecule has 0 aliphatic heterocycles. The van der Waals surface area contributed by atoms with Crippen LogP contribution in [0.3, 0.4) is 0 Å². The Morgan fingerprint density at radius 2 is 1.88 bits per heavy atom. The Morgan fingerprint density at radius 3 is 2.71 bits per heavy atom. The van der Waals surface area contributed by atoms with Crippen molar-refractivity contribution in [2.24, 2.45) is 0 Å². The number of hydrogen-bond acceptors (Lipinski definition) is 4. The summed E-state index contributed by atoms with van der Waals surface area (Å²) in [5, 5.41) is 0.888. The van der Waals surface area contributed by atoms with Crippen molar-refractivity contribution >= 4 is 27.7 Å². The predicted molar refractivity (Wildman–Crippen MR) is 101 cm³/mol. The smallest absolute Gasteiger partial charge is 0.151 e. The average molecular weight is 401 g/mol. The lowest BCUT2D eigenvalue weighted by atomic mass is 10.1. The fourth-order valence-electron chi connectivity index (χ4n) is 2.21. The molecule has 0 N–H and O–H groups in total. The van der Waals surface area contributed by atoms with Crippen LogP contribution in [0.2, 0.25) is 0 Å². The molecule has 0 atom stereocenters. The van der Waals surface area contributed by atoms with Gasteiger partial charge in [-0.2, -0.15) is 0 Å². The Labute approximate surface area is 154 Å². The lowest BCUT2D eigenvalue weighted by Gasteiger charge is -2.10. The van der Waals surface area contributed by atoms with Gasteiger partial charge in [-0.05, 0) is 60.9 Å². The minimum Gasteiger partial charge on any atom is -0.491 e. The van der Waals surface area contributed by atoms with Crippen molar-refractivity contribution in [3.8, 4) is 5.75 Å². The van der Waals surface area contributed by atoms with Crippen molar-refractivity contribution in [1.82, 2.24) is 9.97 Å². The molecule has 0 amide bonds. The maximum Gasteiger partial charge on any atom is 0.151 e. The molecule has 0 saturated carbocycles. The minimum atomic E-state index is 0.667. The Balaban J connectivity index is 1.58. The van der Waals surface area contributed by atoms with Gasteiger partial charge in [0.1, 0.15) is 5.03 Å². The van der Waals surface area contributed by atoms with E-state index < -0.39 is 0 Å². The fraction of sp³-hybridized carbons (Fsp3) is 0.158. The van der Waals surface area contributed by atoms with Gasteiger partial charge >= 0.3 is 0 Å². The first-order valence-corrected chi connectivity index (χ1v) is 9.32. The van der Waals surface area contributed by atoms with Gasteiger partial charge in [0.05, 0.1) is 6.61 Å². The summed E-state index contributed by atoms with van der Waals surface area (Å²) >= 11 is 5.11. The normalized spacial score (nSPS) is 10.5. The minimum absolute atomic E-state index is 0.667. The topological polar surface area (TPSA) is 35.0 Å². The van der Waals surface area contributed by atoms with E-state index in [1.165, 1.54) is 5.56 Å². The number of ether oxygens (including phenoxy) is 1. The summed E-state index contributed by atoms with van der Waals surface area (Å²) in [6, 6.07) is 16.1. The highest BCUT2D eigenvalue weighted by molar-refractivity contribution is 9.10. The zero-order valence-corrected chi connectivity index (χ0v) is 15.5. The van der Waals surface area contributed by atoms with Crippen LogP contribution in [0.1, 0.15) is 12.0 Å². The molecule has 24 heavy (non-hydrogen) atoms. The second-order valence-electron chi connectivity index (χ2n) is 5.17. The van der Waals surface area contributed by atoms with E-state index in [0.717, 1.165) is 33.0 Å². The summed E-state index contributed by atoms with van der Waals surface area (Å²) in [4.78, 5) is 9.62. The van der Waals surface area contributed by atoms with Crippen LogP contribution in [-0.4, -0.2) is 16.6 Å². The van der Waals surface area contributed by atoms with Crippen LogP contribution in [0.4, 0.5) is 0 Å². The van der Waals surface area contributed by atoms with Crippen LogP contribution in [0, 0.1) is 0 Å². The molecule has 3 nitrogen and oxygen atoms in total. The van der Waals surface area contributed by atoms with Crippen LogP contribution in [0.15, 0.2) is 81.5 Å². The second kappa shape index (κ2) is 8.85. The highest BCUT2D eigenvalue weighted by Crippen LogP contribution is 2.34. The Bertz CT molecular complexity index is 783. The molecule has 122 valence electrons. The highest BCUT2D eigenvalue weighted by atomic mass is 79.9. The molecule has 0 aliphatic carbocycles. The molecular formula is C19H17BrN2OS. The van der Waals surface area contributed by atoms with E-state index in [0.29, 0.717) is 6.61 Å². The molecule has 0 aliphatic rings. The molecule has 2 aromatic heterocycles. The van der Waals surface area contributed by atoms with Gasteiger partial charge in [-0.15, -0.1) is 0 Å². The molecule has 0 bridgehead atoms. The molecule has 1 aromatic carbocycles. The van der Waals surface area contributed by atoms with E-state index >= 15 is 0 Å². The van der Waals surface area contributed by atoms with Gasteiger partial charge in [-0.25, -0.2) is 4.98 Å². The monoisotopic (exact) mass is 400 g/mol. The van der Waals surface area contributed by atoms with E-state index in [-0.39, 0.29) is 0 Å². The van der Waals surface area contributed by atoms with Crippen LogP contribution in [-0.2, 0) is 6.42 Å². The number of rotatable bonds is 7. The highest BCUT2D eigenvalue weighted by Gasteiger charge is 2.07. The van der Waals surface area contributed by atoms with Gasteiger partial charge in [-0.1, -0.05) is 33.8 Å². The van der Waals surface area contributed by atoms with Crippen molar-refractivity contribution in [1.29, 1.82) is 0 Å². The third kappa shape index (κ3) is 5.08. The zero-order chi connectivity index (χ0) is 16.6. The second-order valence-corrected chi connectivity index (χ2v) is 7.15. The van der Waals surface area contributed by atoms with Gasteiger partial charge in [0.25, 0.3) is 0 Å². The summed E-state index contributed by atoms with van der Waals surface area (Å²) in [5.41, 5.74) is 1.28. The summed E-state index contributed by atoms with van der Waals surface area (Å²) in [6.45, 7) is 0.667. The predicted octanol–water partition coefficient (Wildman–Crippen LogP) is 5.40.